The minimum Gasteiger partial charge on any atom is -0.390 e. The van der Waals surface area contributed by atoms with E-state index < -0.39 is 6.10 Å². The lowest BCUT2D eigenvalue weighted by Crippen LogP contribution is -2.54. The van der Waals surface area contributed by atoms with Crippen molar-refractivity contribution in [1.29, 1.82) is 0 Å². The number of carbonyl (C=O) groups is 1. The summed E-state index contributed by atoms with van der Waals surface area (Å²) >= 11 is 5.92. The van der Waals surface area contributed by atoms with Crippen LogP contribution in [0.3, 0.4) is 0 Å². The molecule has 2 saturated heterocycles. The van der Waals surface area contributed by atoms with Crippen molar-refractivity contribution in [3.05, 3.63) is 64.2 Å². The van der Waals surface area contributed by atoms with Gasteiger partial charge in [0, 0.05) is 55.5 Å². The number of aliphatic hydroxyl groups excluding tert-OH is 1. The molecule has 0 bridgehead atoms. The number of piperazine rings is 1. The van der Waals surface area contributed by atoms with Gasteiger partial charge in [-0.05, 0) is 55.3 Å². The van der Waals surface area contributed by atoms with Gasteiger partial charge in [-0.2, -0.15) is 0 Å². The zero-order valence-electron chi connectivity index (χ0n) is 17.0. The Morgan fingerprint density at radius 3 is 2.38 bits per heavy atom. The normalized spacial score (nSPS) is 22.9. The van der Waals surface area contributed by atoms with E-state index in [4.69, 9.17) is 11.6 Å². The highest BCUT2D eigenvalue weighted by Gasteiger charge is 2.39. The Morgan fingerprint density at radius 2 is 1.69 bits per heavy atom. The zero-order valence-corrected chi connectivity index (χ0v) is 17.8. The van der Waals surface area contributed by atoms with Gasteiger partial charge in [0.1, 0.15) is 0 Å². The first kappa shape index (κ1) is 20.2. The van der Waals surface area contributed by atoms with Crippen LogP contribution in [0, 0.1) is 13.8 Å². The number of β-amino-alcohol motifs (C(OH)–C–C–N with tert-alkyl or cyclic N) is 1. The summed E-state index contributed by atoms with van der Waals surface area (Å²) in [6.07, 6.45) is -0.515. The molecule has 1 N–H and O–H groups in total. The molecule has 0 saturated carbocycles. The number of benzene rings is 2. The number of anilines is 1. The van der Waals surface area contributed by atoms with Crippen molar-refractivity contribution in [2.24, 2.45) is 0 Å². The molecule has 154 valence electrons. The van der Waals surface area contributed by atoms with Crippen LogP contribution in [0.2, 0.25) is 5.02 Å². The SMILES string of the molecule is Cc1cccc(N2CCN(C3CN(C(=O)c4ccc(Cl)cc4)CC3O)CC2)c1C. The number of halogens is 1. The third kappa shape index (κ3) is 4.13. The summed E-state index contributed by atoms with van der Waals surface area (Å²) in [6, 6.07) is 13.4. The van der Waals surface area contributed by atoms with E-state index in [2.05, 4.69) is 41.8 Å². The Balaban J connectivity index is 1.38. The van der Waals surface area contributed by atoms with Gasteiger partial charge in [-0.1, -0.05) is 23.7 Å². The maximum absolute atomic E-state index is 12.8. The predicted molar refractivity (Wildman–Crippen MR) is 117 cm³/mol. The molecular weight excluding hydrogens is 386 g/mol. The van der Waals surface area contributed by atoms with Crippen molar-refractivity contribution < 1.29 is 9.90 Å². The fourth-order valence-corrected chi connectivity index (χ4v) is 4.57. The number of nitrogens with zero attached hydrogens (tertiary/aromatic N) is 3. The lowest BCUT2D eigenvalue weighted by Gasteiger charge is -2.40. The Labute approximate surface area is 177 Å². The van der Waals surface area contributed by atoms with E-state index in [1.54, 1.807) is 29.2 Å². The first-order valence-electron chi connectivity index (χ1n) is 10.2. The molecule has 2 fully saturated rings. The topological polar surface area (TPSA) is 47.0 Å². The second-order valence-electron chi connectivity index (χ2n) is 8.09. The number of hydrogen-bond acceptors (Lipinski definition) is 4. The molecule has 1 amide bonds. The van der Waals surface area contributed by atoms with E-state index in [0.29, 0.717) is 23.7 Å². The van der Waals surface area contributed by atoms with Gasteiger partial charge in [-0.15, -0.1) is 0 Å². The molecule has 2 unspecified atom stereocenters. The highest BCUT2D eigenvalue weighted by molar-refractivity contribution is 6.30. The van der Waals surface area contributed by atoms with Crippen LogP contribution in [0.25, 0.3) is 0 Å². The summed E-state index contributed by atoms with van der Waals surface area (Å²) in [6.45, 7) is 8.90. The molecule has 29 heavy (non-hydrogen) atoms. The minimum absolute atomic E-state index is 0.00740. The summed E-state index contributed by atoms with van der Waals surface area (Å²) in [5.41, 5.74) is 4.56. The van der Waals surface area contributed by atoms with E-state index in [-0.39, 0.29) is 11.9 Å². The van der Waals surface area contributed by atoms with E-state index in [9.17, 15) is 9.90 Å². The smallest absolute Gasteiger partial charge is 0.253 e. The van der Waals surface area contributed by atoms with Gasteiger partial charge in [0.2, 0.25) is 0 Å². The van der Waals surface area contributed by atoms with Crippen molar-refractivity contribution in [2.75, 3.05) is 44.2 Å². The fourth-order valence-electron chi connectivity index (χ4n) is 4.44. The molecule has 0 spiro atoms. The third-order valence-corrected chi connectivity index (χ3v) is 6.59. The van der Waals surface area contributed by atoms with Crippen LogP contribution >= 0.6 is 11.6 Å². The van der Waals surface area contributed by atoms with Gasteiger partial charge < -0.3 is 14.9 Å². The molecule has 4 rings (SSSR count). The van der Waals surface area contributed by atoms with E-state index in [1.165, 1.54) is 16.8 Å². The minimum atomic E-state index is -0.515. The van der Waals surface area contributed by atoms with Crippen LogP contribution in [0.1, 0.15) is 21.5 Å². The highest BCUT2D eigenvalue weighted by Crippen LogP contribution is 2.26. The van der Waals surface area contributed by atoms with Crippen molar-refractivity contribution >= 4 is 23.2 Å². The predicted octanol–water partition coefficient (Wildman–Crippen LogP) is 2.96. The molecule has 6 heteroatoms. The molecular formula is C23H28ClN3O2. The monoisotopic (exact) mass is 413 g/mol. The molecule has 2 aliphatic heterocycles. The number of likely N-dealkylation sites (tertiary alicyclic amines) is 1. The Morgan fingerprint density at radius 1 is 1.00 bits per heavy atom. The van der Waals surface area contributed by atoms with Crippen molar-refractivity contribution in [2.45, 2.75) is 26.0 Å². The van der Waals surface area contributed by atoms with Crippen molar-refractivity contribution in [3.63, 3.8) is 0 Å². The summed E-state index contributed by atoms with van der Waals surface area (Å²) in [7, 11) is 0. The Bertz CT molecular complexity index is 878. The van der Waals surface area contributed by atoms with Gasteiger partial charge in [-0.25, -0.2) is 0 Å². The van der Waals surface area contributed by atoms with Crippen LogP contribution in [-0.4, -0.2) is 72.2 Å². The number of carbonyl (C=O) groups excluding carboxylic acids is 1. The zero-order chi connectivity index (χ0) is 20.5. The molecule has 2 atom stereocenters. The van der Waals surface area contributed by atoms with Crippen LogP contribution in [0.5, 0.6) is 0 Å². The number of rotatable bonds is 3. The highest BCUT2D eigenvalue weighted by atomic mass is 35.5. The molecule has 2 heterocycles. The average Bonchev–Trinajstić information content (AvgIpc) is 3.12. The summed E-state index contributed by atoms with van der Waals surface area (Å²) in [5, 5.41) is 11.3. The molecule has 2 aliphatic rings. The number of aryl methyl sites for hydroxylation is 1. The molecule has 0 aromatic heterocycles. The quantitative estimate of drug-likeness (QED) is 0.840. The van der Waals surface area contributed by atoms with E-state index >= 15 is 0 Å². The summed E-state index contributed by atoms with van der Waals surface area (Å²) in [5.74, 6) is -0.0442. The molecule has 2 aromatic rings. The van der Waals surface area contributed by atoms with E-state index in [1.807, 2.05) is 0 Å². The lowest BCUT2D eigenvalue weighted by molar-refractivity contribution is 0.0754. The molecule has 0 aliphatic carbocycles. The first-order chi connectivity index (χ1) is 13.9. The number of amides is 1. The van der Waals surface area contributed by atoms with Gasteiger partial charge >= 0.3 is 0 Å². The van der Waals surface area contributed by atoms with Crippen LogP contribution in [0.15, 0.2) is 42.5 Å². The van der Waals surface area contributed by atoms with Gasteiger partial charge in [-0.3, -0.25) is 9.69 Å². The summed E-state index contributed by atoms with van der Waals surface area (Å²) in [4.78, 5) is 19.3. The van der Waals surface area contributed by atoms with Gasteiger partial charge in [0.15, 0.2) is 0 Å². The third-order valence-electron chi connectivity index (χ3n) is 6.34. The fraction of sp³-hybridized carbons (Fsp3) is 0.435. The van der Waals surface area contributed by atoms with Crippen LogP contribution in [-0.2, 0) is 0 Å². The van der Waals surface area contributed by atoms with Crippen molar-refractivity contribution in [1.82, 2.24) is 9.80 Å². The van der Waals surface area contributed by atoms with E-state index in [0.717, 1.165) is 26.2 Å². The van der Waals surface area contributed by atoms with Gasteiger partial charge in [0.25, 0.3) is 5.91 Å². The summed E-state index contributed by atoms with van der Waals surface area (Å²) < 4.78 is 0. The number of aliphatic hydroxyl groups is 1. The first-order valence-corrected chi connectivity index (χ1v) is 10.6. The Kier molecular flexibility index (Phi) is 5.81. The molecule has 5 nitrogen and oxygen atoms in total. The number of hydrogen-bond donors (Lipinski definition) is 1. The maximum atomic E-state index is 12.8. The van der Waals surface area contributed by atoms with Crippen LogP contribution in [0.4, 0.5) is 5.69 Å². The average molecular weight is 414 g/mol. The maximum Gasteiger partial charge on any atom is 0.253 e. The standard InChI is InChI=1S/C23H28ClN3O2/c1-16-4-3-5-20(17(16)2)25-10-12-26(13-11-25)21-14-27(15-22(21)28)23(29)18-6-8-19(24)9-7-18/h3-9,21-22,28H,10-15H2,1-2H3. The molecule has 0 radical (unpaired) electrons. The van der Waals surface area contributed by atoms with Gasteiger partial charge in [0.05, 0.1) is 12.1 Å². The Hall–Kier alpha value is -2.08. The largest absolute Gasteiger partial charge is 0.390 e. The van der Waals surface area contributed by atoms with Crippen molar-refractivity contribution in [3.8, 4) is 0 Å². The second-order valence-corrected chi connectivity index (χ2v) is 8.53. The molecule has 2 aromatic carbocycles. The van der Waals surface area contributed by atoms with Crippen LogP contribution < -0.4 is 4.90 Å². The second kappa shape index (κ2) is 8.34. The lowest BCUT2D eigenvalue weighted by atomic mass is 10.1.